The van der Waals surface area contributed by atoms with E-state index in [0.717, 1.165) is 16.2 Å². The molecule has 1 aromatic carbocycles. The predicted octanol–water partition coefficient (Wildman–Crippen LogP) is 2.13. The summed E-state index contributed by atoms with van der Waals surface area (Å²) < 4.78 is 13.2. The number of benzene rings is 1. The van der Waals surface area contributed by atoms with Crippen LogP contribution in [0.25, 0.3) is 17.0 Å². The number of imidazole rings is 1. The Morgan fingerprint density at radius 1 is 1.22 bits per heavy atom. The zero-order valence-corrected chi connectivity index (χ0v) is 10.6. The van der Waals surface area contributed by atoms with Gasteiger partial charge in [-0.25, -0.2) is 9.97 Å². The molecule has 0 fully saturated rings. The van der Waals surface area contributed by atoms with Crippen molar-refractivity contribution in [2.75, 3.05) is 6.26 Å². The highest BCUT2D eigenvalue weighted by atomic mass is 32.2. The zero-order chi connectivity index (χ0) is 12.5. The molecular weight excluding hydrogens is 246 g/mol. The average Bonchev–Trinajstić information content (AvgIpc) is 2.82. The Bertz CT molecular complexity index is 685. The molecule has 0 spiro atoms. The van der Waals surface area contributed by atoms with E-state index in [1.807, 2.05) is 47.1 Å². The van der Waals surface area contributed by atoms with Gasteiger partial charge in [-0.2, -0.15) is 0 Å². The van der Waals surface area contributed by atoms with Crippen LogP contribution in [0.3, 0.4) is 0 Å². The molecule has 0 aliphatic heterocycles. The summed E-state index contributed by atoms with van der Waals surface area (Å²) in [7, 11) is -0.946. The molecule has 0 bridgehead atoms. The first kappa shape index (κ1) is 11.1. The highest BCUT2D eigenvalue weighted by Gasteiger charge is 2.05. The van der Waals surface area contributed by atoms with Gasteiger partial charge in [0.15, 0.2) is 0 Å². The Balaban J connectivity index is 2.06. The van der Waals surface area contributed by atoms with E-state index in [-0.39, 0.29) is 0 Å². The molecule has 5 heteroatoms. The van der Waals surface area contributed by atoms with Crippen LogP contribution in [0.5, 0.6) is 0 Å². The van der Waals surface area contributed by atoms with Crippen molar-refractivity contribution in [1.29, 1.82) is 0 Å². The SMILES string of the molecule is C[S@](=O)c1ccc(-c2cn3cccnc3n2)cc1. The van der Waals surface area contributed by atoms with Crippen LogP contribution in [0.4, 0.5) is 0 Å². The van der Waals surface area contributed by atoms with Crippen LogP contribution in [-0.2, 0) is 10.8 Å². The van der Waals surface area contributed by atoms with E-state index in [2.05, 4.69) is 9.97 Å². The monoisotopic (exact) mass is 257 g/mol. The molecule has 90 valence electrons. The molecular formula is C13H11N3OS. The van der Waals surface area contributed by atoms with Gasteiger partial charge in [-0.05, 0) is 18.2 Å². The summed E-state index contributed by atoms with van der Waals surface area (Å²) in [6.45, 7) is 0. The number of nitrogens with zero attached hydrogens (tertiary/aromatic N) is 3. The van der Waals surface area contributed by atoms with Crippen LogP contribution in [0.2, 0.25) is 0 Å². The minimum absolute atomic E-state index is 0.677. The van der Waals surface area contributed by atoms with E-state index in [0.29, 0.717) is 5.78 Å². The van der Waals surface area contributed by atoms with Crippen LogP contribution >= 0.6 is 0 Å². The Labute approximate surface area is 107 Å². The molecule has 18 heavy (non-hydrogen) atoms. The summed E-state index contributed by atoms with van der Waals surface area (Å²) in [4.78, 5) is 9.43. The molecule has 1 atom stereocenters. The maximum Gasteiger partial charge on any atom is 0.234 e. The largest absolute Gasteiger partial charge is 0.291 e. The fraction of sp³-hybridized carbons (Fsp3) is 0.0769. The van der Waals surface area contributed by atoms with E-state index in [1.54, 1.807) is 12.5 Å². The lowest BCUT2D eigenvalue weighted by atomic mass is 10.2. The van der Waals surface area contributed by atoms with Crippen LogP contribution in [0.15, 0.2) is 53.8 Å². The molecule has 3 rings (SSSR count). The van der Waals surface area contributed by atoms with Crippen LogP contribution in [-0.4, -0.2) is 24.8 Å². The summed E-state index contributed by atoms with van der Waals surface area (Å²) in [6.07, 6.45) is 7.23. The number of fused-ring (bicyclic) bond motifs is 1. The van der Waals surface area contributed by atoms with Crippen molar-refractivity contribution in [2.24, 2.45) is 0 Å². The quantitative estimate of drug-likeness (QED) is 0.706. The van der Waals surface area contributed by atoms with E-state index in [4.69, 9.17) is 0 Å². The lowest BCUT2D eigenvalue weighted by Gasteiger charge is -1.98. The fourth-order valence-electron chi connectivity index (χ4n) is 1.79. The Morgan fingerprint density at radius 3 is 2.67 bits per heavy atom. The molecule has 0 N–H and O–H groups in total. The molecule has 0 amide bonds. The summed E-state index contributed by atoms with van der Waals surface area (Å²) in [5.74, 6) is 0.677. The Hall–Kier alpha value is -2.01. The third-order valence-electron chi connectivity index (χ3n) is 2.72. The third-order valence-corrected chi connectivity index (χ3v) is 3.65. The Morgan fingerprint density at radius 2 is 2.00 bits per heavy atom. The molecule has 0 aliphatic carbocycles. The molecule has 4 nitrogen and oxygen atoms in total. The summed E-state index contributed by atoms with van der Waals surface area (Å²) in [6, 6.07) is 9.45. The second-order valence-electron chi connectivity index (χ2n) is 3.93. The molecule has 0 saturated carbocycles. The first-order valence-corrected chi connectivity index (χ1v) is 7.03. The highest BCUT2D eigenvalue weighted by Crippen LogP contribution is 2.19. The smallest absolute Gasteiger partial charge is 0.234 e. The molecule has 0 aliphatic rings. The zero-order valence-electron chi connectivity index (χ0n) is 9.78. The van der Waals surface area contributed by atoms with Gasteiger partial charge < -0.3 is 0 Å². The van der Waals surface area contributed by atoms with Gasteiger partial charge in [-0.3, -0.25) is 8.61 Å². The van der Waals surface area contributed by atoms with Gasteiger partial charge in [0.05, 0.1) is 5.69 Å². The number of hydrogen-bond acceptors (Lipinski definition) is 3. The molecule has 0 unspecified atom stereocenters. The predicted molar refractivity (Wildman–Crippen MR) is 70.8 cm³/mol. The maximum atomic E-state index is 11.3. The van der Waals surface area contributed by atoms with Crippen LogP contribution in [0.1, 0.15) is 0 Å². The Kier molecular flexibility index (Phi) is 2.68. The van der Waals surface area contributed by atoms with Crippen LogP contribution in [0, 0.1) is 0 Å². The van der Waals surface area contributed by atoms with E-state index in [9.17, 15) is 4.21 Å². The van der Waals surface area contributed by atoms with Gasteiger partial charge in [0.25, 0.3) is 0 Å². The molecule has 2 aromatic heterocycles. The summed E-state index contributed by atoms with van der Waals surface area (Å²) in [5.41, 5.74) is 1.86. The van der Waals surface area contributed by atoms with Crippen molar-refractivity contribution >= 4 is 16.6 Å². The van der Waals surface area contributed by atoms with Gasteiger partial charge in [-0.15, -0.1) is 0 Å². The van der Waals surface area contributed by atoms with E-state index >= 15 is 0 Å². The number of hydrogen-bond donors (Lipinski definition) is 0. The number of rotatable bonds is 2. The van der Waals surface area contributed by atoms with E-state index < -0.39 is 10.8 Å². The van der Waals surface area contributed by atoms with Crippen molar-refractivity contribution in [3.63, 3.8) is 0 Å². The van der Waals surface area contributed by atoms with Gasteiger partial charge >= 0.3 is 0 Å². The third kappa shape index (κ3) is 1.93. The van der Waals surface area contributed by atoms with Crippen molar-refractivity contribution in [3.8, 4) is 11.3 Å². The average molecular weight is 257 g/mol. The minimum Gasteiger partial charge on any atom is -0.291 e. The van der Waals surface area contributed by atoms with Crippen LogP contribution < -0.4 is 0 Å². The summed E-state index contributed by atoms with van der Waals surface area (Å²) >= 11 is 0. The van der Waals surface area contributed by atoms with Gasteiger partial charge in [-0.1, -0.05) is 12.1 Å². The second-order valence-corrected chi connectivity index (χ2v) is 5.31. The lowest BCUT2D eigenvalue weighted by molar-refractivity contribution is 0.687. The van der Waals surface area contributed by atoms with Crippen molar-refractivity contribution in [1.82, 2.24) is 14.4 Å². The normalized spacial score (nSPS) is 12.7. The first-order valence-electron chi connectivity index (χ1n) is 5.47. The molecule has 2 heterocycles. The van der Waals surface area contributed by atoms with Gasteiger partial charge in [0, 0.05) is 46.1 Å². The van der Waals surface area contributed by atoms with Crippen molar-refractivity contribution < 1.29 is 4.21 Å². The molecule has 3 aromatic rings. The van der Waals surface area contributed by atoms with Crippen molar-refractivity contribution in [2.45, 2.75) is 4.90 Å². The highest BCUT2D eigenvalue weighted by molar-refractivity contribution is 7.84. The molecule has 0 saturated heterocycles. The number of aromatic nitrogens is 3. The fourth-order valence-corrected chi connectivity index (χ4v) is 2.31. The summed E-state index contributed by atoms with van der Waals surface area (Å²) in [5, 5.41) is 0. The molecule has 0 radical (unpaired) electrons. The maximum absolute atomic E-state index is 11.3. The van der Waals surface area contributed by atoms with Gasteiger partial charge in [0.2, 0.25) is 5.78 Å². The standard InChI is InChI=1S/C13H11N3OS/c1-18(17)11-5-3-10(4-6-11)12-9-16-8-2-7-14-13(16)15-12/h2-9H,1H3/t18-/m0/s1. The topological polar surface area (TPSA) is 47.3 Å². The second kappa shape index (κ2) is 4.34. The first-order chi connectivity index (χ1) is 8.74. The van der Waals surface area contributed by atoms with E-state index in [1.165, 1.54) is 0 Å². The lowest BCUT2D eigenvalue weighted by Crippen LogP contribution is -1.86. The van der Waals surface area contributed by atoms with Gasteiger partial charge in [0.1, 0.15) is 0 Å². The minimum atomic E-state index is -0.946. The van der Waals surface area contributed by atoms with Crippen molar-refractivity contribution in [3.05, 3.63) is 48.9 Å².